The molecule has 0 aliphatic rings. The molecule has 108 valence electrons. The maximum absolute atomic E-state index is 4.39. The highest BCUT2D eigenvalue weighted by molar-refractivity contribution is 7.99. The van der Waals surface area contributed by atoms with Crippen molar-refractivity contribution >= 4 is 11.8 Å². The van der Waals surface area contributed by atoms with Crippen LogP contribution in [0.15, 0.2) is 47.5 Å². The Morgan fingerprint density at radius 1 is 1.20 bits per heavy atom. The molecule has 0 saturated carbocycles. The van der Waals surface area contributed by atoms with Crippen molar-refractivity contribution in [1.29, 1.82) is 0 Å². The topological polar surface area (TPSA) is 29.9 Å². The van der Waals surface area contributed by atoms with Crippen LogP contribution in [0.5, 0.6) is 0 Å². The molecule has 1 aromatic carbocycles. The van der Waals surface area contributed by atoms with Gasteiger partial charge >= 0.3 is 0 Å². The predicted octanol–water partition coefficient (Wildman–Crippen LogP) is 3.74. The molecule has 0 saturated heterocycles. The van der Waals surface area contributed by atoms with Crippen LogP contribution in [-0.2, 0) is 6.54 Å². The predicted molar refractivity (Wildman–Crippen MR) is 86.1 cm³/mol. The first-order valence-corrected chi connectivity index (χ1v) is 8.26. The molecule has 4 heteroatoms. The van der Waals surface area contributed by atoms with E-state index in [1.54, 1.807) is 0 Å². The lowest BCUT2D eigenvalue weighted by atomic mass is 10.2. The average Bonchev–Trinajstić information content (AvgIpc) is 2.97. The number of hydrogen-bond acceptors (Lipinski definition) is 3. The van der Waals surface area contributed by atoms with Crippen molar-refractivity contribution in [2.24, 2.45) is 0 Å². The molecule has 0 aliphatic carbocycles. The third kappa shape index (κ3) is 4.12. The number of nitrogens with zero attached hydrogens (tertiary/aromatic N) is 2. The van der Waals surface area contributed by atoms with Gasteiger partial charge in [0.05, 0.1) is 11.7 Å². The summed E-state index contributed by atoms with van der Waals surface area (Å²) >= 11 is 1.89. The number of nitrogens with one attached hydrogen (secondary N) is 1. The van der Waals surface area contributed by atoms with E-state index in [1.165, 1.54) is 10.6 Å². The lowest BCUT2D eigenvalue weighted by molar-refractivity contribution is 0.514. The van der Waals surface area contributed by atoms with Gasteiger partial charge in [-0.3, -0.25) is 4.68 Å². The highest BCUT2D eigenvalue weighted by Crippen LogP contribution is 2.24. The molecule has 0 bridgehead atoms. The largest absolute Gasteiger partial charge is 0.308 e. The van der Waals surface area contributed by atoms with Crippen LogP contribution in [0.4, 0.5) is 0 Å². The Morgan fingerprint density at radius 2 is 2.00 bits per heavy atom. The van der Waals surface area contributed by atoms with Crippen LogP contribution < -0.4 is 5.32 Å². The molecule has 20 heavy (non-hydrogen) atoms. The van der Waals surface area contributed by atoms with E-state index in [2.05, 4.69) is 65.3 Å². The van der Waals surface area contributed by atoms with E-state index in [4.69, 9.17) is 0 Å². The zero-order valence-corrected chi connectivity index (χ0v) is 13.1. The summed E-state index contributed by atoms with van der Waals surface area (Å²) in [7, 11) is 0. The fraction of sp³-hybridized carbons (Fsp3) is 0.438. The summed E-state index contributed by atoms with van der Waals surface area (Å²) in [5.74, 6) is 1.02. The normalized spacial score (nSPS) is 12.5. The Labute approximate surface area is 125 Å². The van der Waals surface area contributed by atoms with Crippen molar-refractivity contribution in [2.45, 2.75) is 37.8 Å². The average molecular weight is 289 g/mol. The van der Waals surface area contributed by atoms with Gasteiger partial charge in [-0.05, 0) is 38.1 Å². The van der Waals surface area contributed by atoms with E-state index in [9.17, 15) is 0 Å². The Morgan fingerprint density at radius 3 is 2.70 bits per heavy atom. The zero-order chi connectivity index (χ0) is 14.2. The van der Waals surface area contributed by atoms with E-state index in [-0.39, 0.29) is 0 Å². The van der Waals surface area contributed by atoms with E-state index in [0.717, 1.165) is 25.3 Å². The van der Waals surface area contributed by atoms with Crippen molar-refractivity contribution in [1.82, 2.24) is 15.1 Å². The second-order valence-electron chi connectivity index (χ2n) is 4.70. The highest BCUT2D eigenvalue weighted by Gasteiger charge is 2.15. The molecule has 0 amide bonds. The molecular weight excluding hydrogens is 266 g/mol. The van der Waals surface area contributed by atoms with Gasteiger partial charge in [0, 0.05) is 23.4 Å². The fourth-order valence-corrected chi connectivity index (χ4v) is 3.16. The van der Waals surface area contributed by atoms with Crippen LogP contribution >= 0.6 is 11.8 Å². The molecule has 1 aromatic heterocycles. The SMILES string of the molecule is CCCNC(CSc1ccccc1)c1ccnn1CC. The first-order chi connectivity index (χ1) is 9.85. The van der Waals surface area contributed by atoms with Gasteiger partial charge in [-0.2, -0.15) is 5.10 Å². The first-order valence-electron chi connectivity index (χ1n) is 7.28. The molecule has 2 aromatic rings. The summed E-state index contributed by atoms with van der Waals surface area (Å²) in [6.45, 7) is 6.29. The van der Waals surface area contributed by atoms with Crippen LogP contribution in [0.3, 0.4) is 0 Å². The molecule has 0 radical (unpaired) electrons. The first kappa shape index (κ1) is 15.1. The zero-order valence-electron chi connectivity index (χ0n) is 12.2. The van der Waals surface area contributed by atoms with Crippen LogP contribution in [0, 0.1) is 0 Å². The van der Waals surface area contributed by atoms with Gasteiger partial charge < -0.3 is 5.32 Å². The molecule has 3 nitrogen and oxygen atoms in total. The summed E-state index contributed by atoms with van der Waals surface area (Å²) < 4.78 is 2.08. The Hall–Kier alpha value is -1.26. The van der Waals surface area contributed by atoms with E-state index in [1.807, 2.05) is 18.0 Å². The number of hydrogen-bond donors (Lipinski definition) is 1. The van der Waals surface area contributed by atoms with Crippen molar-refractivity contribution < 1.29 is 0 Å². The number of thioether (sulfide) groups is 1. The van der Waals surface area contributed by atoms with Crippen molar-refractivity contribution in [3.8, 4) is 0 Å². The minimum atomic E-state index is 0.350. The van der Waals surface area contributed by atoms with Gasteiger partial charge in [-0.1, -0.05) is 25.1 Å². The quantitative estimate of drug-likeness (QED) is 0.751. The molecule has 2 rings (SSSR count). The number of benzene rings is 1. The summed E-state index contributed by atoms with van der Waals surface area (Å²) in [5, 5.41) is 8.02. The summed E-state index contributed by atoms with van der Waals surface area (Å²) in [5.41, 5.74) is 1.28. The van der Waals surface area contributed by atoms with Gasteiger partial charge in [0.1, 0.15) is 0 Å². The van der Waals surface area contributed by atoms with Gasteiger partial charge in [0.15, 0.2) is 0 Å². The lowest BCUT2D eigenvalue weighted by Gasteiger charge is -2.19. The smallest absolute Gasteiger partial charge is 0.0587 e. The van der Waals surface area contributed by atoms with E-state index in [0.29, 0.717) is 6.04 Å². The van der Waals surface area contributed by atoms with Crippen LogP contribution in [-0.4, -0.2) is 22.1 Å². The standard InChI is InChI=1S/C16H23N3S/c1-3-11-17-15(16-10-12-18-19(16)4-2)13-20-14-8-6-5-7-9-14/h5-10,12,15,17H,3-4,11,13H2,1-2H3. The fourth-order valence-electron chi connectivity index (χ4n) is 2.17. The summed E-state index contributed by atoms with van der Waals surface area (Å²) in [6.07, 6.45) is 3.04. The molecule has 1 atom stereocenters. The second kappa shape index (κ2) is 8.12. The molecule has 0 spiro atoms. The second-order valence-corrected chi connectivity index (χ2v) is 5.80. The van der Waals surface area contributed by atoms with E-state index >= 15 is 0 Å². The van der Waals surface area contributed by atoms with Gasteiger partial charge in [0.2, 0.25) is 0 Å². The minimum absolute atomic E-state index is 0.350. The van der Waals surface area contributed by atoms with Gasteiger partial charge in [-0.25, -0.2) is 0 Å². The Kier molecular flexibility index (Phi) is 6.15. The Balaban J connectivity index is 2.04. The molecule has 1 N–H and O–H groups in total. The van der Waals surface area contributed by atoms with Gasteiger partial charge in [-0.15, -0.1) is 11.8 Å². The number of aromatic nitrogens is 2. The molecule has 1 unspecified atom stereocenters. The van der Waals surface area contributed by atoms with Crippen molar-refractivity contribution in [3.05, 3.63) is 48.3 Å². The third-order valence-electron chi connectivity index (χ3n) is 3.21. The maximum Gasteiger partial charge on any atom is 0.0587 e. The third-order valence-corrected chi connectivity index (χ3v) is 4.31. The monoisotopic (exact) mass is 289 g/mol. The Bertz CT molecular complexity index is 495. The summed E-state index contributed by atoms with van der Waals surface area (Å²) in [6, 6.07) is 13.0. The summed E-state index contributed by atoms with van der Waals surface area (Å²) in [4.78, 5) is 1.32. The van der Waals surface area contributed by atoms with Crippen LogP contribution in [0.1, 0.15) is 32.0 Å². The molecule has 0 fully saturated rings. The van der Waals surface area contributed by atoms with E-state index < -0.39 is 0 Å². The van der Waals surface area contributed by atoms with Crippen LogP contribution in [0.2, 0.25) is 0 Å². The molecular formula is C16H23N3S. The minimum Gasteiger partial charge on any atom is -0.308 e. The highest BCUT2D eigenvalue weighted by atomic mass is 32.2. The number of aryl methyl sites for hydroxylation is 1. The molecule has 1 heterocycles. The van der Waals surface area contributed by atoms with Crippen molar-refractivity contribution in [2.75, 3.05) is 12.3 Å². The molecule has 0 aliphatic heterocycles. The van der Waals surface area contributed by atoms with Gasteiger partial charge in [0.25, 0.3) is 0 Å². The van der Waals surface area contributed by atoms with Crippen molar-refractivity contribution in [3.63, 3.8) is 0 Å². The lowest BCUT2D eigenvalue weighted by Crippen LogP contribution is -2.26. The van der Waals surface area contributed by atoms with Crippen LogP contribution in [0.25, 0.3) is 0 Å². The number of rotatable bonds is 8. The maximum atomic E-state index is 4.39.